The number of carbonyl (C=O) groups is 2. The van der Waals surface area contributed by atoms with Crippen molar-refractivity contribution in [3.8, 4) is 0 Å². The van der Waals surface area contributed by atoms with Gasteiger partial charge in [0, 0.05) is 24.2 Å². The minimum Gasteiger partial charge on any atom is -0.462 e. The third-order valence-electron chi connectivity index (χ3n) is 7.69. The van der Waals surface area contributed by atoms with Gasteiger partial charge in [0.15, 0.2) is 0 Å². The number of ether oxygens (including phenoxy) is 1. The van der Waals surface area contributed by atoms with E-state index in [-0.39, 0.29) is 22.9 Å². The number of esters is 1. The Balaban J connectivity index is 1.84. The second-order valence-electron chi connectivity index (χ2n) is 8.80. The van der Waals surface area contributed by atoms with Crippen LogP contribution in [-0.4, -0.2) is 17.9 Å². The van der Waals surface area contributed by atoms with Crippen molar-refractivity contribution in [1.82, 2.24) is 0 Å². The van der Waals surface area contributed by atoms with E-state index in [1.54, 1.807) is 0 Å². The van der Waals surface area contributed by atoms with Crippen LogP contribution in [0, 0.1) is 28.6 Å². The molecule has 3 rings (SSSR count). The smallest absolute Gasteiger partial charge is 0.302 e. The van der Waals surface area contributed by atoms with Crippen LogP contribution >= 0.6 is 0 Å². The zero-order valence-corrected chi connectivity index (χ0v) is 15.5. The van der Waals surface area contributed by atoms with Crippen molar-refractivity contribution in [2.45, 2.75) is 78.2 Å². The van der Waals surface area contributed by atoms with Crippen molar-refractivity contribution < 1.29 is 14.3 Å². The van der Waals surface area contributed by atoms with Gasteiger partial charge in [-0.2, -0.15) is 0 Å². The van der Waals surface area contributed by atoms with E-state index in [0.717, 1.165) is 51.4 Å². The summed E-state index contributed by atoms with van der Waals surface area (Å²) in [4.78, 5) is 24.2. The van der Waals surface area contributed by atoms with Crippen LogP contribution in [0.15, 0.2) is 12.7 Å². The molecule has 3 aliphatic rings. The van der Waals surface area contributed by atoms with E-state index < -0.39 is 0 Å². The summed E-state index contributed by atoms with van der Waals surface area (Å²) in [5.74, 6) is 2.00. The first-order valence-electron chi connectivity index (χ1n) is 9.64. The first-order chi connectivity index (χ1) is 11.3. The Bertz CT molecular complexity index is 539. The van der Waals surface area contributed by atoms with Gasteiger partial charge in [0.1, 0.15) is 11.9 Å². The van der Waals surface area contributed by atoms with Gasteiger partial charge in [0.05, 0.1) is 0 Å². The maximum Gasteiger partial charge on any atom is 0.302 e. The summed E-state index contributed by atoms with van der Waals surface area (Å²) < 4.78 is 5.68. The first-order valence-corrected chi connectivity index (χ1v) is 9.64. The number of rotatable bonds is 4. The van der Waals surface area contributed by atoms with E-state index in [0.29, 0.717) is 23.5 Å². The Morgan fingerprint density at radius 2 is 2.00 bits per heavy atom. The summed E-state index contributed by atoms with van der Waals surface area (Å²) in [7, 11) is 0. The Hall–Kier alpha value is -1.12. The molecule has 0 aromatic rings. The van der Waals surface area contributed by atoms with Gasteiger partial charge in [0.25, 0.3) is 0 Å². The van der Waals surface area contributed by atoms with Crippen LogP contribution < -0.4 is 0 Å². The Labute approximate surface area is 146 Å². The highest BCUT2D eigenvalue weighted by Gasteiger charge is 2.60. The number of hydrogen-bond acceptors (Lipinski definition) is 3. The molecule has 3 fully saturated rings. The molecule has 0 amide bonds. The molecule has 3 nitrogen and oxygen atoms in total. The molecular weight excluding hydrogens is 300 g/mol. The van der Waals surface area contributed by atoms with Gasteiger partial charge in [-0.05, 0) is 62.7 Å². The topological polar surface area (TPSA) is 43.4 Å². The second-order valence-corrected chi connectivity index (χ2v) is 8.80. The number of fused-ring (bicyclic) bond motifs is 3. The lowest BCUT2D eigenvalue weighted by atomic mass is 9.49. The van der Waals surface area contributed by atoms with Crippen LogP contribution in [0.4, 0.5) is 0 Å². The minimum absolute atomic E-state index is 0.0676. The molecular formula is C21H32O3. The predicted molar refractivity (Wildman–Crippen MR) is 94.4 cm³/mol. The highest BCUT2D eigenvalue weighted by molar-refractivity contribution is 5.85. The molecule has 0 saturated heterocycles. The Morgan fingerprint density at radius 3 is 2.67 bits per heavy atom. The van der Waals surface area contributed by atoms with E-state index in [1.807, 2.05) is 6.08 Å². The molecule has 3 saturated carbocycles. The van der Waals surface area contributed by atoms with E-state index in [9.17, 15) is 9.59 Å². The lowest BCUT2D eigenvalue weighted by Gasteiger charge is -2.55. The lowest BCUT2D eigenvalue weighted by Crippen LogP contribution is -2.53. The van der Waals surface area contributed by atoms with Gasteiger partial charge in [-0.1, -0.05) is 19.9 Å². The number of Topliss-reactive ketones (excluding diaryl/α,β-unsaturated/α-hetero) is 1. The number of hydrogen-bond donors (Lipinski definition) is 0. The zero-order chi connectivity index (χ0) is 17.5. The number of allylic oxidation sites excluding steroid dienone is 1. The molecule has 0 spiro atoms. The molecule has 24 heavy (non-hydrogen) atoms. The normalized spacial score (nSPS) is 44.5. The van der Waals surface area contributed by atoms with Crippen LogP contribution in [0.1, 0.15) is 72.1 Å². The quantitative estimate of drug-likeness (QED) is 0.554. The number of ketones is 1. The summed E-state index contributed by atoms with van der Waals surface area (Å²) in [5, 5.41) is 0. The molecule has 0 aromatic heterocycles. The van der Waals surface area contributed by atoms with Gasteiger partial charge in [0.2, 0.25) is 0 Å². The van der Waals surface area contributed by atoms with Crippen molar-refractivity contribution in [2.75, 3.05) is 0 Å². The Kier molecular flexibility index (Phi) is 4.65. The molecule has 0 aromatic carbocycles. The van der Waals surface area contributed by atoms with Crippen molar-refractivity contribution in [2.24, 2.45) is 28.6 Å². The summed E-state index contributed by atoms with van der Waals surface area (Å²) in [6, 6.07) is 0. The molecule has 6 unspecified atom stereocenters. The molecule has 0 heterocycles. The summed E-state index contributed by atoms with van der Waals surface area (Å²) in [6.45, 7) is 9.90. The van der Waals surface area contributed by atoms with E-state index in [2.05, 4.69) is 20.4 Å². The average molecular weight is 332 g/mol. The van der Waals surface area contributed by atoms with Crippen molar-refractivity contribution in [1.29, 1.82) is 0 Å². The van der Waals surface area contributed by atoms with E-state index in [1.165, 1.54) is 6.92 Å². The first kappa shape index (κ1) is 17.7. The molecule has 3 aliphatic carbocycles. The van der Waals surface area contributed by atoms with Gasteiger partial charge in [-0.25, -0.2) is 0 Å². The summed E-state index contributed by atoms with van der Waals surface area (Å²) in [5.41, 5.74) is -0.0788. The van der Waals surface area contributed by atoms with Crippen LogP contribution in [0.3, 0.4) is 0 Å². The summed E-state index contributed by atoms with van der Waals surface area (Å²) >= 11 is 0. The molecule has 134 valence electrons. The standard InChI is InChI=1S/C21H32O3/c1-5-6-12-20(3)17-11-13-21(4)16(15(17)7-9-18(20)23)8-10-19(21)24-14(2)22/h5,15-17,19H,1,6-13H2,2-4H3. The van der Waals surface area contributed by atoms with E-state index in [4.69, 9.17) is 4.74 Å². The monoisotopic (exact) mass is 332 g/mol. The van der Waals surface area contributed by atoms with Crippen LogP contribution in [0.25, 0.3) is 0 Å². The molecule has 6 atom stereocenters. The minimum atomic E-state index is -0.183. The predicted octanol–water partition coefficient (Wildman–Crippen LogP) is 4.70. The van der Waals surface area contributed by atoms with Gasteiger partial charge >= 0.3 is 5.97 Å². The maximum atomic E-state index is 12.8. The third kappa shape index (κ3) is 2.64. The highest BCUT2D eigenvalue weighted by Crippen LogP contribution is 2.63. The molecule has 0 aliphatic heterocycles. The fourth-order valence-electron chi connectivity index (χ4n) is 6.34. The summed E-state index contributed by atoms with van der Waals surface area (Å²) in [6.07, 6.45) is 9.92. The van der Waals surface area contributed by atoms with Crippen molar-refractivity contribution >= 4 is 11.8 Å². The van der Waals surface area contributed by atoms with Crippen molar-refractivity contribution in [3.05, 3.63) is 12.7 Å². The maximum absolute atomic E-state index is 12.8. The zero-order valence-electron chi connectivity index (χ0n) is 15.5. The Morgan fingerprint density at radius 1 is 1.25 bits per heavy atom. The molecule has 3 heteroatoms. The fourth-order valence-corrected chi connectivity index (χ4v) is 6.34. The van der Waals surface area contributed by atoms with E-state index >= 15 is 0 Å². The SMILES string of the molecule is C=CCCC1(C)C(=O)CCC2C1CCC1(C)C(OC(C)=O)CCC21. The lowest BCUT2D eigenvalue weighted by molar-refractivity contribution is -0.160. The molecule has 0 N–H and O–H groups in total. The van der Waals surface area contributed by atoms with Gasteiger partial charge in [-0.3, -0.25) is 9.59 Å². The number of carbonyl (C=O) groups excluding carboxylic acids is 2. The van der Waals surface area contributed by atoms with Crippen molar-refractivity contribution in [3.63, 3.8) is 0 Å². The van der Waals surface area contributed by atoms with Gasteiger partial charge in [-0.15, -0.1) is 6.58 Å². The highest BCUT2D eigenvalue weighted by atomic mass is 16.5. The fraction of sp³-hybridized carbons (Fsp3) is 0.810. The molecule has 0 bridgehead atoms. The molecule has 0 radical (unpaired) electrons. The second kappa shape index (κ2) is 6.31. The van der Waals surface area contributed by atoms with Crippen LogP contribution in [0.5, 0.6) is 0 Å². The largest absolute Gasteiger partial charge is 0.462 e. The van der Waals surface area contributed by atoms with Gasteiger partial charge < -0.3 is 4.74 Å². The van der Waals surface area contributed by atoms with Crippen LogP contribution in [0.2, 0.25) is 0 Å². The third-order valence-corrected chi connectivity index (χ3v) is 7.69. The van der Waals surface area contributed by atoms with Crippen LogP contribution in [-0.2, 0) is 14.3 Å². The average Bonchev–Trinajstić information content (AvgIpc) is 2.85.